The van der Waals surface area contributed by atoms with Crippen LogP contribution >= 0.6 is 15.9 Å². The van der Waals surface area contributed by atoms with Crippen LogP contribution in [0, 0.1) is 6.92 Å². The van der Waals surface area contributed by atoms with Gasteiger partial charge in [-0.25, -0.2) is 0 Å². The third-order valence-electron chi connectivity index (χ3n) is 3.14. The average molecular weight is 312 g/mol. The summed E-state index contributed by atoms with van der Waals surface area (Å²) in [5, 5.41) is 0. The molecule has 0 saturated carbocycles. The molecule has 3 heteroatoms. The highest BCUT2D eigenvalue weighted by molar-refractivity contribution is 9.10. The Morgan fingerprint density at radius 1 is 1.33 bits per heavy atom. The SMILES string of the molecule is CC(=O)CCCN(C)CCc1cc(Br)ccc1C. The summed E-state index contributed by atoms with van der Waals surface area (Å²) in [6, 6.07) is 6.42. The van der Waals surface area contributed by atoms with Crippen LogP contribution in [0.5, 0.6) is 0 Å². The Morgan fingerprint density at radius 2 is 2.06 bits per heavy atom. The first-order valence-electron chi connectivity index (χ1n) is 6.42. The molecule has 0 heterocycles. The molecule has 0 aliphatic heterocycles. The molecule has 0 saturated heterocycles. The third-order valence-corrected chi connectivity index (χ3v) is 3.64. The Hall–Kier alpha value is -0.670. The second kappa shape index (κ2) is 7.70. The topological polar surface area (TPSA) is 20.3 Å². The number of hydrogen-bond donors (Lipinski definition) is 0. The highest BCUT2D eigenvalue weighted by Crippen LogP contribution is 2.16. The maximum absolute atomic E-state index is 10.9. The van der Waals surface area contributed by atoms with E-state index in [-0.39, 0.29) is 5.78 Å². The normalized spacial score (nSPS) is 10.9. The standard InChI is InChI=1S/C15H22BrNO/c1-12-6-7-15(16)11-14(12)8-10-17(3)9-4-5-13(2)18/h6-7,11H,4-5,8-10H2,1-3H3. The Balaban J connectivity index is 2.35. The Bertz CT molecular complexity index is 403. The lowest BCUT2D eigenvalue weighted by Crippen LogP contribution is -2.23. The monoisotopic (exact) mass is 311 g/mol. The average Bonchev–Trinajstić information content (AvgIpc) is 2.30. The van der Waals surface area contributed by atoms with Gasteiger partial charge in [-0.05, 0) is 63.5 Å². The third kappa shape index (κ3) is 5.78. The number of aryl methyl sites for hydroxylation is 1. The second-order valence-electron chi connectivity index (χ2n) is 4.93. The maximum atomic E-state index is 10.9. The molecule has 1 aromatic rings. The molecule has 1 rings (SSSR count). The van der Waals surface area contributed by atoms with Crippen molar-refractivity contribution < 1.29 is 4.79 Å². The van der Waals surface area contributed by atoms with Gasteiger partial charge in [0.05, 0.1) is 0 Å². The highest BCUT2D eigenvalue weighted by Gasteiger charge is 2.03. The van der Waals surface area contributed by atoms with Gasteiger partial charge in [-0.1, -0.05) is 22.0 Å². The fraction of sp³-hybridized carbons (Fsp3) is 0.533. The van der Waals surface area contributed by atoms with Crippen molar-refractivity contribution in [1.29, 1.82) is 0 Å². The minimum Gasteiger partial charge on any atom is -0.306 e. The van der Waals surface area contributed by atoms with Crippen molar-refractivity contribution >= 4 is 21.7 Å². The lowest BCUT2D eigenvalue weighted by atomic mass is 10.1. The number of hydrogen-bond acceptors (Lipinski definition) is 2. The smallest absolute Gasteiger partial charge is 0.129 e. The summed E-state index contributed by atoms with van der Waals surface area (Å²) in [4.78, 5) is 13.2. The number of nitrogens with zero attached hydrogens (tertiary/aromatic N) is 1. The summed E-state index contributed by atoms with van der Waals surface area (Å²) in [6.07, 6.45) is 2.71. The van der Waals surface area contributed by atoms with Crippen molar-refractivity contribution in [2.24, 2.45) is 0 Å². The van der Waals surface area contributed by atoms with E-state index < -0.39 is 0 Å². The maximum Gasteiger partial charge on any atom is 0.129 e. The van der Waals surface area contributed by atoms with Crippen LogP contribution in [0.3, 0.4) is 0 Å². The molecule has 0 aliphatic rings. The van der Waals surface area contributed by atoms with Gasteiger partial charge in [-0.3, -0.25) is 0 Å². The number of carbonyl (C=O) groups excluding carboxylic acids is 1. The molecule has 18 heavy (non-hydrogen) atoms. The molecule has 0 radical (unpaired) electrons. The van der Waals surface area contributed by atoms with Crippen LogP contribution in [0.25, 0.3) is 0 Å². The van der Waals surface area contributed by atoms with E-state index in [1.165, 1.54) is 11.1 Å². The first-order chi connectivity index (χ1) is 8.49. The van der Waals surface area contributed by atoms with E-state index in [4.69, 9.17) is 0 Å². The van der Waals surface area contributed by atoms with Gasteiger partial charge >= 0.3 is 0 Å². The molecule has 0 atom stereocenters. The molecule has 0 bridgehead atoms. The summed E-state index contributed by atoms with van der Waals surface area (Å²) < 4.78 is 1.14. The molecule has 1 aromatic carbocycles. The number of carbonyl (C=O) groups is 1. The van der Waals surface area contributed by atoms with Crippen LogP contribution in [0.4, 0.5) is 0 Å². The van der Waals surface area contributed by atoms with E-state index in [9.17, 15) is 4.79 Å². The van der Waals surface area contributed by atoms with Gasteiger partial charge in [0, 0.05) is 17.4 Å². The van der Waals surface area contributed by atoms with Crippen molar-refractivity contribution in [3.05, 3.63) is 33.8 Å². The number of halogens is 1. The zero-order valence-electron chi connectivity index (χ0n) is 11.5. The molecule has 0 aliphatic carbocycles. The fourth-order valence-corrected chi connectivity index (χ4v) is 2.34. The molecule has 0 amide bonds. The number of rotatable bonds is 7. The lowest BCUT2D eigenvalue weighted by molar-refractivity contribution is -0.117. The van der Waals surface area contributed by atoms with E-state index in [1.54, 1.807) is 6.92 Å². The second-order valence-corrected chi connectivity index (χ2v) is 5.85. The van der Waals surface area contributed by atoms with E-state index in [0.29, 0.717) is 6.42 Å². The number of Topliss-reactive ketones (excluding diaryl/α,β-unsaturated/α-hetero) is 1. The molecule has 0 N–H and O–H groups in total. The van der Waals surface area contributed by atoms with E-state index in [2.05, 4.69) is 53.0 Å². The molecule has 0 fully saturated rings. The van der Waals surface area contributed by atoms with Gasteiger partial charge in [0.25, 0.3) is 0 Å². The summed E-state index contributed by atoms with van der Waals surface area (Å²) in [7, 11) is 2.12. The van der Waals surface area contributed by atoms with Gasteiger partial charge in [-0.15, -0.1) is 0 Å². The van der Waals surface area contributed by atoms with Crippen LogP contribution in [0.15, 0.2) is 22.7 Å². The van der Waals surface area contributed by atoms with Crippen LogP contribution < -0.4 is 0 Å². The van der Waals surface area contributed by atoms with Crippen molar-refractivity contribution in [2.75, 3.05) is 20.1 Å². The van der Waals surface area contributed by atoms with Crippen LogP contribution in [-0.4, -0.2) is 30.8 Å². The molecule has 0 unspecified atom stereocenters. The molecule has 0 spiro atoms. The van der Waals surface area contributed by atoms with Crippen LogP contribution in [0.2, 0.25) is 0 Å². The van der Waals surface area contributed by atoms with Crippen molar-refractivity contribution in [3.8, 4) is 0 Å². The zero-order valence-corrected chi connectivity index (χ0v) is 13.1. The molecule has 2 nitrogen and oxygen atoms in total. The van der Waals surface area contributed by atoms with Crippen LogP contribution in [0.1, 0.15) is 30.9 Å². The minimum atomic E-state index is 0.284. The van der Waals surface area contributed by atoms with E-state index in [1.807, 2.05) is 0 Å². The summed E-state index contributed by atoms with van der Waals surface area (Å²) >= 11 is 3.51. The Labute approximate surface area is 119 Å². The van der Waals surface area contributed by atoms with Crippen LogP contribution in [-0.2, 0) is 11.2 Å². The summed E-state index contributed by atoms with van der Waals surface area (Å²) in [6.45, 7) is 5.84. The summed E-state index contributed by atoms with van der Waals surface area (Å²) in [5.74, 6) is 0.284. The molecule has 100 valence electrons. The number of ketones is 1. The van der Waals surface area contributed by atoms with E-state index in [0.717, 1.165) is 30.4 Å². The predicted molar refractivity (Wildman–Crippen MR) is 80.0 cm³/mol. The zero-order chi connectivity index (χ0) is 13.5. The van der Waals surface area contributed by atoms with Crippen molar-refractivity contribution in [3.63, 3.8) is 0 Å². The quantitative estimate of drug-likeness (QED) is 0.767. The first-order valence-corrected chi connectivity index (χ1v) is 7.21. The van der Waals surface area contributed by atoms with Gasteiger partial charge < -0.3 is 9.69 Å². The lowest BCUT2D eigenvalue weighted by Gasteiger charge is -2.17. The van der Waals surface area contributed by atoms with Gasteiger partial charge in [0.15, 0.2) is 0 Å². The minimum absolute atomic E-state index is 0.284. The van der Waals surface area contributed by atoms with Gasteiger partial charge in [0.1, 0.15) is 5.78 Å². The van der Waals surface area contributed by atoms with E-state index >= 15 is 0 Å². The van der Waals surface area contributed by atoms with Crippen molar-refractivity contribution in [1.82, 2.24) is 4.90 Å². The molecule has 0 aromatic heterocycles. The van der Waals surface area contributed by atoms with Gasteiger partial charge in [0.2, 0.25) is 0 Å². The number of likely N-dealkylation sites (N-methyl/N-ethyl adjacent to an activating group) is 1. The van der Waals surface area contributed by atoms with Gasteiger partial charge in [-0.2, -0.15) is 0 Å². The fourth-order valence-electron chi connectivity index (χ4n) is 1.93. The predicted octanol–water partition coefficient (Wildman–Crippen LogP) is 3.60. The Kier molecular flexibility index (Phi) is 6.58. The number of benzene rings is 1. The van der Waals surface area contributed by atoms with Crippen molar-refractivity contribution in [2.45, 2.75) is 33.1 Å². The molecular formula is C15H22BrNO. The highest BCUT2D eigenvalue weighted by atomic mass is 79.9. The molecular weight excluding hydrogens is 290 g/mol. The summed E-state index contributed by atoms with van der Waals surface area (Å²) in [5.41, 5.74) is 2.73. The Morgan fingerprint density at radius 3 is 2.72 bits per heavy atom. The first kappa shape index (κ1) is 15.4. The largest absolute Gasteiger partial charge is 0.306 e.